The van der Waals surface area contributed by atoms with E-state index in [1.807, 2.05) is 20.8 Å². The Kier molecular flexibility index (Phi) is 5.36. The number of sulfonamides is 1. The third-order valence-corrected chi connectivity index (χ3v) is 4.26. The van der Waals surface area contributed by atoms with Crippen LogP contribution in [-0.2, 0) is 14.8 Å². The van der Waals surface area contributed by atoms with Crippen molar-refractivity contribution in [1.82, 2.24) is 10.0 Å². The molecule has 1 rings (SSSR count). The second-order valence-corrected chi connectivity index (χ2v) is 7.71. The zero-order chi connectivity index (χ0) is 16.3. The molecule has 0 fully saturated rings. The molecular formula is C14H23N3O3S. The maximum absolute atomic E-state index is 12.2. The minimum Gasteiger partial charge on any atom is -0.399 e. The van der Waals surface area contributed by atoms with Crippen molar-refractivity contribution in [3.05, 3.63) is 23.8 Å². The van der Waals surface area contributed by atoms with E-state index < -0.39 is 10.0 Å². The van der Waals surface area contributed by atoms with E-state index in [0.29, 0.717) is 11.3 Å². The molecule has 0 aliphatic rings. The molecule has 0 unspecified atom stereocenters. The van der Waals surface area contributed by atoms with Gasteiger partial charge in [-0.05, 0) is 45.4 Å². The molecule has 0 bridgehead atoms. The topological polar surface area (TPSA) is 101 Å². The van der Waals surface area contributed by atoms with Crippen LogP contribution in [0.4, 0.5) is 5.69 Å². The maximum atomic E-state index is 12.2. The van der Waals surface area contributed by atoms with Gasteiger partial charge in [0.25, 0.3) is 0 Å². The first-order valence-corrected chi connectivity index (χ1v) is 8.16. The lowest BCUT2D eigenvalue weighted by molar-refractivity contribution is -0.122. The summed E-state index contributed by atoms with van der Waals surface area (Å²) in [6.45, 7) is 7.33. The molecule has 1 aromatic rings. The van der Waals surface area contributed by atoms with E-state index in [1.165, 1.54) is 6.07 Å². The number of benzene rings is 1. The normalized spacial score (nSPS) is 12.2. The lowest BCUT2D eigenvalue weighted by atomic mass is 10.1. The highest BCUT2D eigenvalue weighted by Gasteiger charge is 2.18. The highest BCUT2D eigenvalue weighted by molar-refractivity contribution is 7.89. The van der Waals surface area contributed by atoms with Crippen LogP contribution in [0, 0.1) is 6.92 Å². The molecular weight excluding hydrogens is 290 g/mol. The first kappa shape index (κ1) is 17.5. The molecule has 0 aliphatic heterocycles. The van der Waals surface area contributed by atoms with Gasteiger partial charge in [-0.25, -0.2) is 13.1 Å². The summed E-state index contributed by atoms with van der Waals surface area (Å²) in [5, 5.41) is 2.77. The Morgan fingerprint density at radius 1 is 1.29 bits per heavy atom. The molecule has 7 heteroatoms. The van der Waals surface area contributed by atoms with E-state index in [2.05, 4.69) is 10.0 Å². The third-order valence-electron chi connectivity index (χ3n) is 2.66. The molecule has 0 radical (unpaired) electrons. The lowest BCUT2D eigenvalue weighted by Gasteiger charge is -2.20. The Hall–Kier alpha value is -1.60. The van der Waals surface area contributed by atoms with Crippen molar-refractivity contribution in [2.24, 2.45) is 0 Å². The summed E-state index contributed by atoms with van der Waals surface area (Å²) in [5.41, 5.74) is 6.27. The van der Waals surface area contributed by atoms with Crippen LogP contribution >= 0.6 is 0 Å². The van der Waals surface area contributed by atoms with Gasteiger partial charge in [-0.2, -0.15) is 0 Å². The summed E-state index contributed by atoms with van der Waals surface area (Å²) in [6, 6.07) is 4.70. The first-order chi connectivity index (χ1) is 9.51. The van der Waals surface area contributed by atoms with Gasteiger partial charge in [0.1, 0.15) is 0 Å². The maximum Gasteiger partial charge on any atom is 0.240 e. The summed E-state index contributed by atoms with van der Waals surface area (Å²) in [7, 11) is -3.66. The second-order valence-electron chi connectivity index (χ2n) is 5.97. The monoisotopic (exact) mass is 313 g/mol. The number of hydrogen-bond donors (Lipinski definition) is 3. The van der Waals surface area contributed by atoms with E-state index in [1.54, 1.807) is 19.1 Å². The molecule has 6 nitrogen and oxygen atoms in total. The standard InChI is InChI=1S/C14H23N3O3S/c1-10-5-6-11(15)9-12(10)21(19,20)16-8-7-13(18)17-14(2,3)4/h5-6,9,16H,7-8,15H2,1-4H3,(H,17,18). The number of aryl methyl sites for hydroxylation is 1. The van der Waals surface area contributed by atoms with E-state index in [4.69, 9.17) is 5.73 Å². The van der Waals surface area contributed by atoms with Gasteiger partial charge in [-0.1, -0.05) is 6.07 Å². The quantitative estimate of drug-likeness (QED) is 0.710. The Balaban J connectivity index is 2.66. The van der Waals surface area contributed by atoms with Crippen LogP contribution < -0.4 is 15.8 Å². The van der Waals surface area contributed by atoms with Crippen molar-refractivity contribution in [2.45, 2.75) is 44.6 Å². The van der Waals surface area contributed by atoms with Gasteiger partial charge in [0.2, 0.25) is 15.9 Å². The number of rotatable bonds is 5. The first-order valence-electron chi connectivity index (χ1n) is 6.68. The van der Waals surface area contributed by atoms with Crippen molar-refractivity contribution in [3.8, 4) is 0 Å². The summed E-state index contributed by atoms with van der Waals surface area (Å²) >= 11 is 0. The molecule has 4 N–H and O–H groups in total. The van der Waals surface area contributed by atoms with Crippen molar-refractivity contribution in [3.63, 3.8) is 0 Å². The van der Waals surface area contributed by atoms with E-state index in [9.17, 15) is 13.2 Å². The highest BCUT2D eigenvalue weighted by atomic mass is 32.2. The average Bonchev–Trinajstić information content (AvgIpc) is 2.29. The summed E-state index contributed by atoms with van der Waals surface area (Å²) in [5.74, 6) is -0.200. The van der Waals surface area contributed by atoms with Crippen LogP contribution in [0.1, 0.15) is 32.8 Å². The Labute approximate surface area is 126 Å². The van der Waals surface area contributed by atoms with Crippen LogP contribution in [0.25, 0.3) is 0 Å². The Morgan fingerprint density at radius 2 is 1.90 bits per heavy atom. The van der Waals surface area contributed by atoms with E-state index >= 15 is 0 Å². The average molecular weight is 313 g/mol. The van der Waals surface area contributed by atoms with E-state index in [-0.39, 0.29) is 29.3 Å². The lowest BCUT2D eigenvalue weighted by Crippen LogP contribution is -2.42. The summed E-state index contributed by atoms with van der Waals surface area (Å²) < 4.78 is 26.8. The molecule has 118 valence electrons. The largest absolute Gasteiger partial charge is 0.399 e. The fourth-order valence-corrected chi connectivity index (χ4v) is 3.07. The minimum atomic E-state index is -3.66. The summed E-state index contributed by atoms with van der Waals surface area (Å²) in [4.78, 5) is 11.8. The van der Waals surface area contributed by atoms with Gasteiger partial charge in [-0.3, -0.25) is 4.79 Å². The van der Waals surface area contributed by atoms with Crippen LogP contribution in [0.5, 0.6) is 0 Å². The fraction of sp³-hybridized carbons (Fsp3) is 0.500. The molecule has 1 aromatic carbocycles. The van der Waals surface area contributed by atoms with E-state index in [0.717, 1.165) is 0 Å². The fourth-order valence-electron chi connectivity index (χ4n) is 1.76. The van der Waals surface area contributed by atoms with Gasteiger partial charge in [0.05, 0.1) is 4.90 Å². The number of anilines is 1. The van der Waals surface area contributed by atoms with Crippen LogP contribution in [0.3, 0.4) is 0 Å². The predicted octanol–water partition coefficient (Wildman–Crippen LogP) is 1.16. The minimum absolute atomic E-state index is 0.0402. The Bertz CT molecular complexity index is 619. The third kappa shape index (κ3) is 5.73. The van der Waals surface area contributed by atoms with Gasteiger partial charge in [0.15, 0.2) is 0 Å². The molecule has 0 atom stereocenters. The number of carbonyl (C=O) groups is 1. The molecule has 0 heterocycles. The van der Waals surface area contributed by atoms with Crippen LogP contribution in [0.2, 0.25) is 0 Å². The number of nitrogens with one attached hydrogen (secondary N) is 2. The molecule has 0 saturated heterocycles. The number of nitrogens with two attached hydrogens (primary N) is 1. The number of nitrogen functional groups attached to an aromatic ring is 1. The molecule has 0 aromatic heterocycles. The smallest absolute Gasteiger partial charge is 0.240 e. The van der Waals surface area contributed by atoms with Crippen molar-refractivity contribution in [1.29, 1.82) is 0 Å². The van der Waals surface area contributed by atoms with Gasteiger partial charge >= 0.3 is 0 Å². The van der Waals surface area contributed by atoms with Crippen molar-refractivity contribution in [2.75, 3.05) is 12.3 Å². The molecule has 1 amide bonds. The van der Waals surface area contributed by atoms with Gasteiger partial charge in [0, 0.05) is 24.2 Å². The summed E-state index contributed by atoms with van der Waals surface area (Å²) in [6.07, 6.45) is 0.0812. The Morgan fingerprint density at radius 3 is 2.48 bits per heavy atom. The number of hydrogen-bond acceptors (Lipinski definition) is 4. The van der Waals surface area contributed by atoms with Crippen LogP contribution in [-0.4, -0.2) is 26.4 Å². The van der Waals surface area contributed by atoms with Crippen molar-refractivity contribution < 1.29 is 13.2 Å². The number of amides is 1. The highest BCUT2D eigenvalue weighted by Crippen LogP contribution is 2.17. The zero-order valence-electron chi connectivity index (χ0n) is 12.9. The second kappa shape index (κ2) is 6.44. The van der Waals surface area contributed by atoms with Gasteiger partial charge < -0.3 is 11.1 Å². The molecule has 0 spiro atoms. The predicted molar refractivity (Wildman–Crippen MR) is 83.3 cm³/mol. The number of carbonyl (C=O) groups excluding carboxylic acids is 1. The molecule has 0 aliphatic carbocycles. The van der Waals surface area contributed by atoms with Crippen LogP contribution in [0.15, 0.2) is 23.1 Å². The molecule has 0 saturated carbocycles. The van der Waals surface area contributed by atoms with Crippen molar-refractivity contribution >= 4 is 21.6 Å². The SMILES string of the molecule is Cc1ccc(N)cc1S(=O)(=O)NCCC(=O)NC(C)(C)C. The zero-order valence-corrected chi connectivity index (χ0v) is 13.7. The van der Waals surface area contributed by atoms with Gasteiger partial charge in [-0.15, -0.1) is 0 Å². The molecule has 21 heavy (non-hydrogen) atoms.